The van der Waals surface area contributed by atoms with Crippen molar-refractivity contribution < 1.29 is 23.4 Å². The van der Waals surface area contributed by atoms with Crippen LogP contribution in [0.25, 0.3) is 0 Å². The molecule has 1 amide bonds. The van der Waals surface area contributed by atoms with E-state index in [0.717, 1.165) is 4.68 Å². The van der Waals surface area contributed by atoms with E-state index in [1.165, 1.54) is 7.11 Å². The Balaban J connectivity index is 3.00. The van der Waals surface area contributed by atoms with Gasteiger partial charge in [0.2, 0.25) is 0 Å². The van der Waals surface area contributed by atoms with E-state index in [1.54, 1.807) is 0 Å². The summed E-state index contributed by atoms with van der Waals surface area (Å²) in [5, 5.41) is 15.4. The molecule has 1 rings (SSSR count). The zero-order valence-corrected chi connectivity index (χ0v) is 9.77. The van der Waals surface area contributed by atoms with Crippen LogP contribution >= 0.6 is 0 Å². The fraction of sp³-hybridized carbons (Fsp3) is 0.667. The molecule has 0 aliphatic rings. The van der Waals surface area contributed by atoms with Gasteiger partial charge in [-0.15, -0.1) is 5.10 Å². The lowest BCUT2D eigenvalue weighted by atomic mass is 10.2. The molecular formula is C9H14F2N4O3. The van der Waals surface area contributed by atoms with Crippen LogP contribution in [0.15, 0.2) is 0 Å². The monoisotopic (exact) mass is 264 g/mol. The third-order valence-electron chi connectivity index (χ3n) is 2.23. The molecule has 9 heteroatoms. The normalized spacial score (nSPS) is 11.8. The number of alkyl halides is 2. The van der Waals surface area contributed by atoms with Gasteiger partial charge in [0.05, 0.1) is 12.3 Å². The van der Waals surface area contributed by atoms with E-state index in [1.807, 2.05) is 0 Å². The fourth-order valence-corrected chi connectivity index (χ4v) is 1.37. The summed E-state index contributed by atoms with van der Waals surface area (Å²) in [7, 11) is 1.43. The Kier molecular flexibility index (Phi) is 4.68. The molecule has 0 unspecified atom stereocenters. The third kappa shape index (κ3) is 3.44. The van der Waals surface area contributed by atoms with Crippen LogP contribution < -0.4 is 5.73 Å². The minimum absolute atomic E-state index is 0.164. The zero-order valence-electron chi connectivity index (χ0n) is 9.77. The Bertz CT molecular complexity index is 422. The summed E-state index contributed by atoms with van der Waals surface area (Å²) >= 11 is 0. The maximum absolute atomic E-state index is 13.1. The summed E-state index contributed by atoms with van der Waals surface area (Å²) in [4.78, 5) is 11.1. The first-order valence-corrected chi connectivity index (χ1v) is 5.11. The number of rotatable bonds is 7. The van der Waals surface area contributed by atoms with Crippen molar-refractivity contribution in [2.24, 2.45) is 5.73 Å². The highest BCUT2D eigenvalue weighted by molar-refractivity contribution is 5.91. The first kappa shape index (κ1) is 14.5. The molecule has 0 bridgehead atoms. The van der Waals surface area contributed by atoms with E-state index in [-0.39, 0.29) is 24.4 Å². The summed E-state index contributed by atoms with van der Waals surface area (Å²) < 4.78 is 31.8. The van der Waals surface area contributed by atoms with E-state index in [9.17, 15) is 13.6 Å². The van der Waals surface area contributed by atoms with Crippen molar-refractivity contribution in [3.63, 3.8) is 0 Å². The highest BCUT2D eigenvalue weighted by atomic mass is 19.3. The Morgan fingerprint density at radius 3 is 2.78 bits per heavy atom. The summed E-state index contributed by atoms with van der Waals surface area (Å²) in [6.07, 6.45) is 0.170. The minimum Gasteiger partial charge on any atom is -0.390 e. The van der Waals surface area contributed by atoms with Crippen LogP contribution in [-0.2, 0) is 17.7 Å². The average molecular weight is 264 g/mol. The highest BCUT2D eigenvalue weighted by Gasteiger charge is 2.31. The van der Waals surface area contributed by atoms with Crippen LogP contribution in [0.5, 0.6) is 0 Å². The van der Waals surface area contributed by atoms with Crippen LogP contribution in [0.1, 0.15) is 16.2 Å². The number of carbonyl (C=O) groups excluding carboxylic acids is 1. The molecule has 18 heavy (non-hydrogen) atoms. The number of nitrogens with zero attached hydrogens (tertiary/aromatic N) is 3. The molecule has 0 aromatic carbocycles. The Hall–Kier alpha value is -1.61. The van der Waals surface area contributed by atoms with Crippen LogP contribution in [0.3, 0.4) is 0 Å². The lowest BCUT2D eigenvalue weighted by Crippen LogP contribution is -2.30. The van der Waals surface area contributed by atoms with Crippen molar-refractivity contribution in [3.8, 4) is 0 Å². The number of aliphatic hydroxyl groups is 1. The van der Waals surface area contributed by atoms with E-state index in [0.29, 0.717) is 0 Å². The maximum atomic E-state index is 13.1. The predicted molar refractivity (Wildman–Crippen MR) is 56.2 cm³/mol. The van der Waals surface area contributed by atoms with Gasteiger partial charge in [-0.2, -0.15) is 0 Å². The van der Waals surface area contributed by atoms with Gasteiger partial charge in [0.25, 0.3) is 11.8 Å². The van der Waals surface area contributed by atoms with Crippen molar-refractivity contribution in [2.45, 2.75) is 18.9 Å². The van der Waals surface area contributed by atoms with Gasteiger partial charge in [0.1, 0.15) is 13.2 Å². The second-order valence-electron chi connectivity index (χ2n) is 3.66. The summed E-state index contributed by atoms with van der Waals surface area (Å²) in [5.74, 6) is -4.19. The summed E-state index contributed by atoms with van der Waals surface area (Å²) in [5.41, 5.74) is 5.06. The van der Waals surface area contributed by atoms with Gasteiger partial charge in [-0.1, -0.05) is 5.21 Å². The number of aliphatic hydroxyl groups excluding tert-OH is 1. The predicted octanol–water partition coefficient (Wildman–Crippen LogP) is -0.806. The molecule has 0 atom stereocenters. The molecule has 1 aromatic heterocycles. The van der Waals surface area contributed by atoms with Crippen molar-refractivity contribution >= 4 is 5.91 Å². The number of halogens is 2. The number of primary amides is 1. The molecular weight excluding hydrogens is 250 g/mol. The standard InChI is InChI=1S/C9H14F2N4O3/c1-18-3-2-6-7(8(12)17)13-14-15(6)4-9(10,11)5-16/h16H,2-5H2,1H3,(H2,12,17). The van der Waals surface area contributed by atoms with Gasteiger partial charge in [-0.3, -0.25) is 4.79 Å². The Morgan fingerprint density at radius 1 is 1.61 bits per heavy atom. The molecule has 102 valence electrons. The number of methoxy groups -OCH3 is 1. The van der Waals surface area contributed by atoms with Gasteiger partial charge in [0, 0.05) is 13.5 Å². The number of ether oxygens (including phenoxy) is 1. The van der Waals surface area contributed by atoms with E-state index in [4.69, 9.17) is 15.6 Å². The van der Waals surface area contributed by atoms with Crippen molar-refractivity contribution in [2.75, 3.05) is 20.3 Å². The molecule has 0 fully saturated rings. The molecule has 1 heterocycles. The summed E-state index contributed by atoms with van der Waals surface area (Å²) in [6.45, 7) is -1.98. The largest absolute Gasteiger partial charge is 0.390 e. The first-order valence-electron chi connectivity index (χ1n) is 5.11. The molecule has 0 radical (unpaired) electrons. The zero-order chi connectivity index (χ0) is 13.8. The molecule has 0 saturated carbocycles. The smallest absolute Gasteiger partial charge is 0.289 e. The number of hydrogen-bond acceptors (Lipinski definition) is 5. The number of amides is 1. The molecule has 0 saturated heterocycles. The van der Waals surface area contributed by atoms with Crippen molar-refractivity contribution in [1.29, 1.82) is 0 Å². The van der Waals surface area contributed by atoms with Gasteiger partial charge in [-0.05, 0) is 0 Å². The number of aromatic nitrogens is 3. The molecule has 0 spiro atoms. The van der Waals surface area contributed by atoms with Crippen molar-refractivity contribution in [1.82, 2.24) is 15.0 Å². The first-order chi connectivity index (χ1) is 8.41. The Labute approximate surface area is 102 Å². The van der Waals surface area contributed by atoms with Crippen molar-refractivity contribution in [3.05, 3.63) is 11.4 Å². The minimum atomic E-state index is -3.34. The van der Waals surface area contributed by atoms with Crippen LogP contribution in [-0.4, -0.2) is 52.3 Å². The lowest BCUT2D eigenvalue weighted by molar-refractivity contribution is -0.0661. The topological polar surface area (TPSA) is 103 Å². The van der Waals surface area contributed by atoms with Gasteiger partial charge < -0.3 is 15.6 Å². The fourth-order valence-electron chi connectivity index (χ4n) is 1.37. The molecule has 0 aliphatic carbocycles. The Morgan fingerprint density at radius 2 is 2.28 bits per heavy atom. The highest BCUT2D eigenvalue weighted by Crippen LogP contribution is 2.17. The summed E-state index contributed by atoms with van der Waals surface area (Å²) in [6, 6.07) is 0. The second kappa shape index (κ2) is 5.83. The van der Waals surface area contributed by atoms with Crippen LogP contribution in [0.2, 0.25) is 0 Å². The molecule has 0 aliphatic heterocycles. The van der Waals surface area contributed by atoms with Gasteiger partial charge >= 0.3 is 0 Å². The maximum Gasteiger partial charge on any atom is 0.289 e. The quantitative estimate of drug-likeness (QED) is 0.670. The SMILES string of the molecule is COCCc1c(C(N)=O)nnn1CC(F)(F)CO. The second-order valence-corrected chi connectivity index (χ2v) is 3.66. The van der Waals surface area contributed by atoms with Gasteiger partial charge in [0.15, 0.2) is 5.69 Å². The van der Waals surface area contributed by atoms with Crippen LogP contribution in [0.4, 0.5) is 8.78 Å². The van der Waals surface area contributed by atoms with E-state index in [2.05, 4.69) is 10.3 Å². The third-order valence-corrected chi connectivity index (χ3v) is 2.23. The van der Waals surface area contributed by atoms with E-state index >= 15 is 0 Å². The average Bonchev–Trinajstić information content (AvgIpc) is 2.69. The number of hydrogen-bond donors (Lipinski definition) is 2. The molecule has 7 nitrogen and oxygen atoms in total. The lowest BCUT2D eigenvalue weighted by Gasteiger charge is -2.14. The van der Waals surface area contributed by atoms with E-state index < -0.39 is 25.0 Å². The van der Waals surface area contributed by atoms with Gasteiger partial charge in [-0.25, -0.2) is 13.5 Å². The molecule has 1 aromatic rings. The number of carbonyl (C=O) groups is 1. The van der Waals surface area contributed by atoms with Crippen LogP contribution in [0, 0.1) is 0 Å². The molecule has 3 N–H and O–H groups in total. The number of nitrogens with two attached hydrogens (primary N) is 1.